The van der Waals surface area contributed by atoms with Crippen molar-refractivity contribution in [3.8, 4) is 0 Å². The van der Waals surface area contributed by atoms with Gasteiger partial charge in [0.25, 0.3) is 0 Å². The summed E-state index contributed by atoms with van der Waals surface area (Å²) in [6.45, 7) is 3.11. The summed E-state index contributed by atoms with van der Waals surface area (Å²) in [5.74, 6) is 1.93. The molecule has 1 saturated heterocycles. The van der Waals surface area contributed by atoms with E-state index in [9.17, 15) is 4.79 Å². The van der Waals surface area contributed by atoms with E-state index >= 15 is 0 Å². The van der Waals surface area contributed by atoms with Crippen LogP contribution in [0, 0.1) is 11.8 Å². The Kier molecular flexibility index (Phi) is 9.34. The van der Waals surface area contributed by atoms with Gasteiger partial charge in [0.1, 0.15) is 0 Å². The Balaban J connectivity index is 0.00000220. The molecule has 1 N–H and O–H groups in total. The van der Waals surface area contributed by atoms with Gasteiger partial charge in [-0.1, -0.05) is 25.7 Å². The molecule has 1 aliphatic carbocycles. The average molecular weight is 317 g/mol. The molecule has 0 spiro atoms. The van der Waals surface area contributed by atoms with E-state index in [-0.39, 0.29) is 12.4 Å². The molecule has 0 aromatic carbocycles. The van der Waals surface area contributed by atoms with E-state index in [4.69, 9.17) is 0 Å². The van der Waals surface area contributed by atoms with Gasteiger partial charge >= 0.3 is 0 Å². The molecule has 1 amide bonds. The molecule has 21 heavy (non-hydrogen) atoms. The number of carbonyl (C=O) groups excluding carboxylic acids is 1. The molecule has 1 heterocycles. The second-order valence-corrected chi connectivity index (χ2v) is 6.78. The third kappa shape index (κ3) is 6.56. The maximum atomic E-state index is 12.4. The summed E-state index contributed by atoms with van der Waals surface area (Å²) in [6.07, 6.45) is 12.5. The summed E-state index contributed by atoms with van der Waals surface area (Å²) in [5, 5.41) is 3.23. The molecular weight excluding hydrogens is 284 g/mol. The Morgan fingerprint density at radius 3 is 2.19 bits per heavy atom. The van der Waals surface area contributed by atoms with Crippen molar-refractivity contribution in [1.29, 1.82) is 0 Å². The lowest BCUT2D eigenvalue weighted by atomic mass is 9.92. The molecule has 2 fully saturated rings. The molecule has 0 atom stereocenters. The number of piperidine rings is 1. The van der Waals surface area contributed by atoms with Crippen LogP contribution in [0.4, 0.5) is 0 Å². The number of likely N-dealkylation sites (tertiary alicyclic amines) is 1. The molecular formula is C17H33ClN2O. The minimum Gasteiger partial charge on any atom is -0.343 e. The van der Waals surface area contributed by atoms with E-state index in [1.807, 2.05) is 7.05 Å². The molecule has 0 radical (unpaired) electrons. The largest absolute Gasteiger partial charge is 0.343 e. The predicted octanol–water partition coefficient (Wildman–Crippen LogP) is 3.62. The fourth-order valence-corrected chi connectivity index (χ4v) is 3.76. The number of hydrogen-bond acceptors (Lipinski definition) is 2. The Morgan fingerprint density at radius 1 is 1.00 bits per heavy atom. The molecule has 4 heteroatoms. The zero-order chi connectivity index (χ0) is 14.2. The fourth-order valence-electron chi connectivity index (χ4n) is 3.76. The van der Waals surface area contributed by atoms with Crippen LogP contribution in [0.15, 0.2) is 0 Å². The molecule has 1 aliphatic heterocycles. The minimum atomic E-state index is 0. The van der Waals surface area contributed by atoms with Gasteiger partial charge in [-0.2, -0.15) is 0 Å². The van der Waals surface area contributed by atoms with E-state index in [0.717, 1.165) is 32.0 Å². The second kappa shape index (κ2) is 10.4. The fraction of sp³-hybridized carbons (Fsp3) is 0.941. The van der Waals surface area contributed by atoms with Crippen LogP contribution in [0.3, 0.4) is 0 Å². The van der Waals surface area contributed by atoms with Crippen molar-refractivity contribution in [2.45, 2.75) is 64.2 Å². The third-order valence-corrected chi connectivity index (χ3v) is 5.21. The van der Waals surface area contributed by atoms with Gasteiger partial charge in [0, 0.05) is 19.5 Å². The first-order chi connectivity index (χ1) is 9.79. The van der Waals surface area contributed by atoms with Gasteiger partial charge in [0.2, 0.25) is 5.91 Å². The van der Waals surface area contributed by atoms with Crippen molar-refractivity contribution in [3.63, 3.8) is 0 Å². The van der Waals surface area contributed by atoms with Crippen LogP contribution in [0.1, 0.15) is 64.2 Å². The first kappa shape index (κ1) is 18.8. The van der Waals surface area contributed by atoms with Gasteiger partial charge in [0.15, 0.2) is 0 Å². The lowest BCUT2D eigenvalue weighted by Crippen LogP contribution is -2.39. The Bertz CT molecular complexity index is 283. The van der Waals surface area contributed by atoms with Gasteiger partial charge in [-0.15, -0.1) is 12.4 Å². The summed E-state index contributed by atoms with van der Waals surface area (Å²) in [5.41, 5.74) is 0. The van der Waals surface area contributed by atoms with Crippen LogP contribution >= 0.6 is 12.4 Å². The zero-order valence-corrected chi connectivity index (χ0v) is 14.4. The molecule has 0 bridgehead atoms. The monoisotopic (exact) mass is 316 g/mol. The number of carbonyl (C=O) groups is 1. The Morgan fingerprint density at radius 2 is 1.62 bits per heavy atom. The van der Waals surface area contributed by atoms with Crippen LogP contribution in [0.5, 0.6) is 0 Å². The van der Waals surface area contributed by atoms with E-state index < -0.39 is 0 Å². The van der Waals surface area contributed by atoms with Gasteiger partial charge < -0.3 is 10.2 Å². The highest BCUT2D eigenvalue weighted by atomic mass is 35.5. The van der Waals surface area contributed by atoms with Gasteiger partial charge in [-0.05, 0) is 57.5 Å². The van der Waals surface area contributed by atoms with Crippen molar-refractivity contribution < 1.29 is 4.79 Å². The number of halogens is 1. The van der Waals surface area contributed by atoms with Gasteiger partial charge in [-0.3, -0.25) is 4.79 Å². The Hall–Kier alpha value is -0.280. The van der Waals surface area contributed by atoms with Crippen molar-refractivity contribution in [3.05, 3.63) is 0 Å². The van der Waals surface area contributed by atoms with E-state index in [1.165, 1.54) is 57.8 Å². The SMILES string of the molecule is CNCCC1CCN(C(=O)CC2CCCCCC2)CC1.Cl. The highest BCUT2D eigenvalue weighted by Crippen LogP contribution is 2.27. The van der Waals surface area contributed by atoms with Crippen LogP contribution in [-0.2, 0) is 4.79 Å². The van der Waals surface area contributed by atoms with Crippen LogP contribution in [0.25, 0.3) is 0 Å². The lowest BCUT2D eigenvalue weighted by Gasteiger charge is -2.33. The maximum absolute atomic E-state index is 12.4. The third-order valence-electron chi connectivity index (χ3n) is 5.21. The molecule has 124 valence electrons. The van der Waals surface area contributed by atoms with Crippen molar-refractivity contribution >= 4 is 18.3 Å². The second-order valence-electron chi connectivity index (χ2n) is 6.78. The topological polar surface area (TPSA) is 32.3 Å². The highest BCUT2D eigenvalue weighted by Gasteiger charge is 2.24. The number of nitrogens with zero attached hydrogens (tertiary/aromatic N) is 1. The van der Waals surface area contributed by atoms with Crippen LogP contribution in [0.2, 0.25) is 0 Å². The lowest BCUT2D eigenvalue weighted by molar-refractivity contribution is -0.133. The number of nitrogens with one attached hydrogen (secondary N) is 1. The smallest absolute Gasteiger partial charge is 0.222 e. The maximum Gasteiger partial charge on any atom is 0.222 e. The molecule has 3 nitrogen and oxygen atoms in total. The van der Waals surface area contributed by atoms with Crippen molar-refractivity contribution in [2.24, 2.45) is 11.8 Å². The standard InChI is InChI=1S/C17H32N2O.ClH/c1-18-11-8-15-9-12-19(13-10-15)17(20)14-16-6-4-2-3-5-7-16;/h15-16,18H,2-14H2,1H3;1H. The van der Waals surface area contributed by atoms with Gasteiger partial charge in [0.05, 0.1) is 0 Å². The highest BCUT2D eigenvalue weighted by molar-refractivity contribution is 5.85. The summed E-state index contributed by atoms with van der Waals surface area (Å²) in [6, 6.07) is 0. The minimum absolute atomic E-state index is 0. The Labute approximate surface area is 136 Å². The molecule has 2 rings (SSSR count). The van der Waals surface area contributed by atoms with Gasteiger partial charge in [-0.25, -0.2) is 0 Å². The molecule has 0 aromatic heterocycles. The molecule has 1 saturated carbocycles. The summed E-state index contributed by atoms with van der Waals surface area (Å²) in [7, 11) is 2.02. The van der Waals surface area contributed by atoms with Crippen molar-refractivity contribution in [2.75, 3.05) is 26.7 Å². The van der Waals surface area contributed by atoms with Crippen molar-refractivity contribution in [1.82, 2.24) is 10.2 Å². The molecule has 0 unspecified atom stereocenters. The number of amides is 1. The van der Waals surface area contributed by atoms with Crippen LogP contribution in [-0.4, -0.2) is 37.5 Å². The van der Waals surface area contributed by atoms with E-state index in [1.54, 1.807) is 0 Å². The summed E-state index contributed by atoms with van der Waals surface area (Å²) < 4.78 is 0. The van der Waals surface area contributed by atoms with E-state index in [0.29, 0.717) is 11.8 Å². The molecule has 2 aliphatic rings. The number of rotatable bonds is 5. The van der Waals surface area contributed by atoms with E-state index in [2.05, 4.69) is 10.2 Å². The average Bonchev–Trinajstić information content (AvgIpc) is 2.74. The first-order valence-corrected chi connectivity index (χ1v) is 8.72. The molecule has 0 aromatic rings. The zero-order valence-electron chi connectivity index (χ0n) is 13.6. The number of hydrogen-bond donors (Lipinski definition) is 1. The predicted molar refractivity (Wildman–Crippen MR) is 90.9 cm³/mol. The first-order valence-electron chi connectivity index (χ1n) is 8.72. The summed E-state index contributed by atoms with van der Waals surface area (Å²) >= 11 is 0. The normalized spacial score (nSPS) is 21.7. The quantitative estimate of drug-likeness (QED) is 0.786. The summed E-state index contributed by atoms with van der Waals surface area (Å²) in [4.78, 5) is 14.6. The van der Waals surface area contributed by atoms with Crippen LogP contribution < -0.4 is 5.32 Å².